The second-order valence-electron chi connectivity index (χ2n) is 4.34. The van der Waals surface area contributed by atoms with Gasteiger partial charge in [-0.1, -0.05) is 5.21 Å². The summed E-state index contributed by atoms with van der Waals surface area (Å²) in [6.07, 6.45) is 0.386. The van der Waals surface area contributed by atoms with E-state index in [-0.39, 0.29) is 31.2 Å². The molecule has 2 heterocycles. The number of hydrogen-bond acceptors (Lipinski definition) is 7. The van der Waals surface area contributed by atoms with E-state index < -0.39 is 12.0 Å². The molecule has 0 bridgehead atoms. The molecule has 0 spiro atoms. The van der Waals surface area contributed by atoms with Gasteiger partial charge in [-0.2, -0.15) is 0 Å². The molecule has 1 saturated heterocycles. The molecule has 114 valence electrons. The maximum atomic E-state index is 11.6. The number of carbonyl (C=O) groups is 3. The predicted octanol–water partition coefficient (Wildman–Crippen LogP) is -1.88. The molecule has 3 amide bonds. The number of imide groups is 1. The van der Waals surface area contributed by atoms with Crippen LogP contribution in [0.1, 0.15) is 16.2 Å². The van der Waals surface area contributed by atoms with Gasteiger partial charge in [0.15, 0.2) is 5.69 Å². The lowest BCUT2D eigenvalue weighted by Crippen LogP contribution is -2.34. The Hall–Kier alpha value is -2.49. The van der Waals surface area contributed by atoms with Gasteiger partial charge in [0.25, 0.3) is 0 Å². The monoisotopic (exact) mass is 296 g/mol. The topological polar surface area (TPSA) is 132 Å². The van der Waals surface area contributed by atoms with E-state index in [0.717, 1.165) is 4.90 Å². The van der Waals surface area contributed by atoms with Crippen LogP contribution in [0.25, 0.3) is 0 Å². The average molecular weight is 296 g/mol. The molecule has 0 aliphatic carbocycles. The molecule has 3 N–H and O–H groups in total. The van der Waals surface area contributed by atoms with Crippen LogP contribution in [0, 0.1) is 0 Å². The minimum Gasteiger partial charge on any atom is -0.464 e. The molecule has 0 unspecified atom stereocenters. The summed E-state index contributed by atoms with van der Waals surface area (Å²) in [5, 5.41) is 10.0. The molecule has 0 radical (unpaired) electrons. The van der Waals surface area contributed by atoms with Gasteiger partial charge in [0.05, 0.1) is 32.4 Å². The Morgan fingerprint density at radius 3 is 2.76 bits per heavy atom. The number of esters is 1. The first-order valence-electron chi connectivity index (χ1n) is 6.37. The van der Waals surface area contributed by atoms with Crippen LogP contribution in [0.2, 0.25) is 0 Å². The van der Waals surface area contributed by atoms with E-state index in [4.69, 9.17) is 5.73 Å². The molecular formula is C11H16N6O4. The third-order valence-electron chi connectivity index (χ3n) is 3.07. The van der Waals surface area contributed by atoms with Crippen LogP contribution >= 0.6 is 0 Å². The summed E-state index contributed by atoms with van der Waals surface area (Å²) in [6, 6.07) is -0.436. The summed E-state index contributed by atoms with van der Waals surface area (Å²) in [5.74, 6) is -0.895. The molecule has 1 aromatic rings. The molecule has 1 aliphatic heterocycles. The summed E-state index contributed by atoms with van der Waals surface area (Å²) in [7, 11) is 1.25. The second kappa shape index (κ2) is 6.31. The van der Waals surface area contributed by atoms with E-state index in [1.165, 1.54) is 11.8 Å². The molecule has 0 saturated carbocycles. The van der Waals surface area contributed by atoms with Crippen LogP contribution < -0.4 is 11.1 Å². The highest BCUT2D eigenvalue weighted by Crippen LogP contribution is 2.09. The zero-order valence-electron chi connectivity index (χ0n) is 11.5. The van der Waals surface area contributed by atoms with Gasteiger partial charge in [-0.15, -0.1) is 5.10 Å². The zero-order valence-corrected chi connectivity index (χ0v) is 11.5. The first-order chi connectivity index (χ1) is 10.1. The van der Waals surface area contributed by atoms with Crippen LogP contribution in [0.4, 0.5) is 4.79 Å². The third-order valence-corrected chi connectivity index (χ3v) is 3.07. The fourth-order valence-corrected chi connectivity index (χ4v) is 2.03. The van der Waals surface area contributed by atoms with Gasteiger partial charge in [-0.25, -0.2) is 14.3 Å². The van der Waals surface area contributed by atoms with E-state index in [1.807, 2.05) is 0 Å². The van der Waals surface area contributed by atoms with Gasteiger partial charge in [-0.3, -0.25) is 9.69 Å². The van der Waals surface area contributed by atoms with Crippen LogP contribution in [0.15, 0.2) is 0 Å². The van der Waals surface area contributed by atoms with Crippen molar-refractivity contribution in [3.05, 3.63) is 11.4 Å². The van der Waals surface area contributed by atoms with Crippen molar-refractivity contribution in [2.45, 2.75) is 13.0 Å². The molecule has 1 fully saturated rings. The summed E-state index contributed by atoms with van der Waals surface area (Å²) in [5.41, 5.74) is 6.13. The Bertz CT molecular complexity index is 553. The van der Waals surface area contributed by atoms with Gasteiger partial charge in [-0.05, 0) is 6.54 Å². The number of nitrogens with two attached hydrogens (primary N) is 1. The van der Waals surface area contributed by atoms with Crippen molar-refractivity contribution in [1.82, 2.24) is 25.2 Å². The number of nitrogens with one attached hydrogen (secondary N) is 1. The minimum atomic E-state index is -0.598. The zero-order chi connectivity index (χ0) is 15.4. The number of methoxy groups -OCH3 is 1. The summed E-state index contributed by atoms with van der Waals surface area (Å²) < 4.78 is 6.08. The van der Waals surface area contributed by atoms with Crippen LogP contribution in [0.3, 0.4) is 0 Å². The number of amides is 3. The molecule has 1 aliphatic rings. The number of hydrogen-bond donors (Lipinski definition) is 2. The molecule has 2 rings (SSSR count). The lowest BCUT2D eigenvalue weighted by atomic mass is 10.2. The molecule has 10 nitrogen and oxygen atoms in total. The first kappa shape index (κ1) is 14.9. The molecule has 1 aromatic heterocycles. The van der Waals surface area contributed by atoms with Crippen LogP contribution in [0.5, 0.6) is 0 Å². The third kappa shape index (κ3) is 2.99. The fraction of sp³-hybridized carbons (Fsp3) is 0.545. The maximum Gasteiger partial charge on any atom is 0.360 e. The van der Waals surface area contributed by atoms with Crippen molar-refractivity contribution in [1.29, 1.82) is 0 Å². The largest absolute Gasteiger partial charge is 0.464 e. The standard InChI is InChI=1S/C11H16N6O4/c1-21-10(19)9-7(2-3-12)17(15-14-9)5-4-16-8(18)6-13-11(16)20/h2-6,12H2,1H3,(H,13,20). The Kier molecular flexibility index (Phi) is 4.48. The quantitative estimate of drug-likeness (QED) is 0.463. The smallest absolute Gasteiger partial charge is 0.360 e. The minimum absolute atomic E-state index is 0.000736. The predicted molar refractivity (Wildman–Crippen MR) is 69.2 cm³/mol. The van der Waals surface area contributed by atoms with Crippen molar-refractivity contribution in [2.24, 2.45) is 5.73 Å². The second-order valence-corrected chi connectivity index (χ2v) is 4.34. The number of urea groups is 1. The number of nitrogens with zero attached hydrogens (tertiary/aromatic N) is 4. The molecule has 0 aromatic carbocycles. The highest BCUT2D eigenvalue weighted by molar-refractivity contribution is 6.01. The molecule has 10 heteroatoms. The Labute approximate surface area is 120 Å². The van der Waals surface area contributed by atoms with E-state index in [1.54, 1.807) is 0 Å². The van der Waals surface area contributed by atoms with Gasteiger partial charge in [0.2, 0.25) is 5.91 Å². The molecule has 0 atom stereocenters. The van der Waals surface area contributed by atoms with Crippen molar-refractivity contribution in [3.8, 4) is 0 Å². The van der Waals surface area contributed by atoms with Crippen molar-refractivity contribution in [2.75, 3.05) is 26.7 Å². The summed E-state index contributed by atoms with van der Waals surface area (Å²) in [4.78, 5) is 35.6. The SMILES string of the molecule is COC(=O)c1nnn(CCN2C(=O)CNC2=O)c1CCN. The highest BCUT2D eigenvalue weighted by Gasteiger charge is 2.28. The van der Waals surface area contributed by atoms with Gasteiger partial charge in [0, 0.05) is 6.42 Å². The van der Waals surface area contributed by atoms with Crippen LogP contribution in [-0.2, 0) is 22.5 Å². The number of aromatic nitrogens is 3. The van der Waals surface area contributed by atoms with Crippen molar-refractivity contribution >= 4 is 17.9 Å². The van der Waals surface area contributed by atoms with Gasteiger partial charge >= 0.3 is 12.0 Å². The van der Waals surface area contributed by atoms with Crippen molar-refractivity contribution < 1.29 is 19.1 Å². The van der Waals surface area contributed by atoms with Crippen molar-refractivity contribution in [3.63, 3.8) is 0 Å². The van der Waals surface area contributed by atoms with E-state index >= 15 is 0 Å². The Balaban J connectivity index is 2.12. The van der Waals surface area contributed by atoms with E-state index in [9.17, 15) is 14.4 Å². The maximum absolute atomic E-state index is 11.6. The van der Waals surface area contributed by atoms with E-state index in [2.05, 4.69) is 20.4 Å². The lowest BCUT2D eigenvalue weighted by Gasteiger charge is -2.13. The number of ether oxygens (including phenoxy) is 1. The molecule has 21 heavy (non-hydrogen) atoms. The average Bonchev–Trinajstić information content (AvgIpc) is 3.01. The highest BCUT2D eigenvalue weighted by atomic mass is 16.5. The van der Waals surface area contributed by atoms with Gasteiger partial charge in [0.1, 0.15) is 0 Å². The fourth-order valence-electron chi connectivity index (χ4n) is 2.03. The number of carbonyl (C=O) groups excluding carboxylic acids is 3. The Morgan fingerprint density at radius 2 is 2.19 bits per heavy atom. The summed E-state index contributed by atoms with van der Waals surface area (Å²) in [6.45, 7) is 0.685. The Morgan fingerprint density at radius 1 is 1.43 bits per heavy atom. The summed E-state index contributed by atoms with van der Waals surface area (Å²) >= 11 is 0. The lowest BCUT2D eigenvalue weighted by molar-refractivity contribution is -0.125. The first-order valence-corrected chi connectivity index (χ1v) is 6.37. The van der Waals surface area contributed by atoms with E-state index in [0.29, 0.717) is 18.7 Å². The van der Waals surface area contributed by atoms with Crippen LogP contribution in [-0.4, -0.2) is 64.5 Å². The molecular weight excluding hydrogens is 280 g/mol. The normalized spacial score (nSPS) is 14.5. The number of rotatable bonds is 6. The van der Waals surface area contributed by atoms with Gasteiger partial charge < -0.3 is 15.8 Å².